The molecule has 3 fully saturated rings. The van der Waals surface area contributed by atoms with E-state index in [4.69, 9.17) is 18.6 Å². The van der Waals surface area contributed by atoms with Gasteiger partial charge in [-0.3, -0.25) is 4.79 Å². The molecule has 3 saturated heterocycles. The van der Waals surface area contributed by atoms with Crippen LogP contribution in [0, 0.1) is 11.8 Å². The first-order chi connectivity index (χ1) is 11.3. The number of carbonyl (C=O) groups is 1. The Kier molecular flexibility index (Phi) is 4.37. The minimum Gasteiger partial charge on any atom is -0.472 e. The highest BCUT2D eigenvalue weighted by Crippen LogP contribution is 2.34. The number of rotatable bonds is 4. The van der Waals surface area contributed by atoms with Crippen molar-refractivity contribution >= 4 is 5.91 Å². The van der Waals surface area contributed by atoms with Gasteiger partial charge < -0.3 is 23.5 Å². The highest BCUT2D eigenvalue weighted by atomic mass is 16.5. The summed E-state index contributed by atoms with van der Waals surface area (Å²) in [6, 6.07) is 1.83. The number of carbonyl (C=O) groups excluding carboxylic acids is 1. The molecule has 0 spiro atoms. The van der Waals surface area contributed by atoms with Gasteiger partial charge in [-0.1, -0.05) is 0 Å². The fourth-order valence-electron chi connectivity index (χ4n) is 3.83. The molecule has 1 aromatic heterocycles. The molecule has 126 valence electrons. The van der Waals surface area contributed by atoms with E-state index in [2.05, 4.69) is 0 Å². The molecule has 0 saturated carbocycles. The topological polar surface area (TPSA) is 61.1 Å². The molecular formula is C17H23NO5. The summed E-state index contributed by atoms with van der Waals surface area (Å²) in [7, 11) is 0. The van der Waals surface area contributed by atoms with E-state index in [9.17, 15) is 4.79 Å². The van der Waals surface area contributed by atoms with Crippen molar-refractivity contribution in [3.05, 3.63) is 24.2 Å². The number of likely N-dealkylation sites (tertiary alicyclic amines) is 1. The minimum absolute atomic E-state index is 0.0106. The molecule has 6 heteroatoms. The Balaban J connectivity index is 1.39. The van der Waals surface area contributed by atoms with Gasteiger partial charge in [0.15, 0.2) is 0 Å². The molecule has 1 aromatic rings. The Hall–Kier alpha value is -1.37. The summed E-state index contributed by atoms with van der Waals surface area (Å²) in [6.07, 6.45) is 5.24. The average Bonchev–Trinajstić information content (AvgIpc) is 3.31. The zero-order valence-corrected chi connectivity index (χ0v) is 13.2. The molecule has 6 nitrogen and oxygen atoms in total. The van der Waals surface area contributed by atoms with Gasteiger partial charge >= 0.3 is 0 Å². The van der Waals surface area contributed by atoms with E-state index in [1.165, 1.54) is 12.5 Å². The summed E-state index contributed by atoms with van der Waals surface area (Å²) in [5.41, 5.74) is 0.598. The van der Waals surface area contributed by atoms with E-state index in [1.807, 2.05) is 4.90 Å². The van der Waals surface area contributed by atoms with Gasteiger partial charge in [0.1, 0.15) is 6.26 Å². The first kappa shape index (κ1) is 15.2. The van der Waals surface area contributed by atoms with Gasteiger partial charge in [0.05, 0.1) is 43.8 Å². The third kappa shape index (κ3) is 3.03. The van der Waals surface area contributed by atoms with Crippen molar-refractivity contribution in [1.29, 1.82) is 0 Å². The average molecular weight is 321 g/mol. The molecule has 23 heavy (non-hydrogen) atoms. The number of nitrogens with zero attached hydrogens (tertiary/aromatic N) is 1. The van der Waals surface area contributed by atoms with Gasteiger partial charge in [-0.05, 0) is 24.8 Å². The fourth-order valence-corrected chi connectivity index (χ4v) is 3.83. The SMILES string of the molecule is O=C(c1ccoc1)N1C[C@H](OCC2CCOCC2)[C@H]2COC[C@H]21. The van der Waals surface area contributed by atoms with Gasteiger partial charge in [-0.2, -0.15) is 0 Å². The van der Waals surface area contributed by atoms with Crippen molar-refractivity contribution in [2.24, 2.45) is 11.8 Å². The van der Waals surface area contributed by atoms with E-state index in [0.29, 0.717) is 31.2 Å². The molecule has 3 aliphatic rings. The smallest absolute Gasteiger partial charge is 0.257 e. The number of hydrogen-bond donors (Lipinski definition) is 0. The number of ether oxygens (including phenoxy) is 3. The van der Waals surface area contributed by atoms with Crippen LogP contribution in [0.3, 0.4) is 0 Å². The highest BCUT2D eigenvalue weighted by Gasteiger charge is 2.48. The van der Waals surface area contributed by atoms with E-state index in [-0.39, 0.29) is 24.0 Å². The highest BCUT2D eigenvalue weighted by molar-refractivity contribution is 5.94. The molecule has 0 aromatic carbocycles. The molecular weight excluding hydrogens is 298 g/mol. The molecule has 0 N–H and O–H groups in total. The summed E-state index contributed by atoms with van der Waals surface area (Å²) in [5.74, 6) is 0.866. The standard InChI is InChI=1S/C17H23NO5/c19-17(13-3-6-21-9-13)18-7-16(14-10-22-11-15(14)18)23-8-12-1-4-20-5-2-12/h3,6,9,12,14-16H,1-2,4-5,7-8,10-11H2/t14-,15+,16-/m0/s1. The van der Waals surface area contributed by atoms with Crippen molar-refractivity contribution in [2.45, 2.75) is 25.0 Å². The van der Waals surface area contributed by atoms with E-state index < -0.39 is 0 Å². The quantitative estimate of drug-likeness (QED) is 0.842. The van der Waals surface area contributed by atoms with Gasteiger partial charge in [0.25, 0.3) is 5.91 Å². The molecule has 4 heterocycles. The molecule has 0 aliphatic carbocycles. The van der Waals surface area contributed by atoms with Crippen LogP contribution in [0.4, 0.5) is 0 Å². The lowest BCUT2D eigenvalue weighted by atomic mass is 10.00. The van der Waals surface area contributed by atoms with Crippen LogP contribution in [0.2, 0.25) is 0 Å². The summed E-state index contributed by atoms with van der Waals surface area (Å²) in [5, 5.41) is 0. The Labute approximate surface area is 135 Å². The monoisotopic (exact) mass is 321 g/mol. The molecule has 3 aliphatic heterocycles. The summed E-state index contributed by atoms with van der Waals surface area (Å²) in [4.78, 5) is 14.5. The third-order valence-electron chi connectivity index (χ3n) is 5.26. The van der Waals surface area contributed by atoms with Gasteiger partial charge in [-0.25, -0.2) is 0 Å². The van der Waals surface area contributed by atoms with Gasteiger partial charge in [0, 0.05) is 25.7 Å². The van der Waals surface area contributed by atoms with Crippen LogP contribution in [0.5, 0.6) is 0 Å². The number of furan rings is 1. The largest absolute Gasteiger partial charge is 0.472 e. The van der Waals surface area contributed by atoms with Crippen LogP contribution < -0.4 is 0 Å². The maximum atomic E-state index is 12.6. The van der Waals surface area contributed by atoms with Crippen molar-refractivity contribution in [3.8, 4) is 0 Å². The van der Waals surface area contributed by atoms with Crippen LogP contribution in [0.25, 0.3) is 0 Å². The zero-order valence-electron chi connectivity index (χ0n) is 13.2. The van der Waals surface area contributed by atoms with Crippen LogP contribution in [0.1, 0.15) is 23.2 Å². The normalized spacial score (nSPS) is 31.5. The molecule has 3 atom stereocenters. The number of fused-ring (bicyclic) bond motifs is 1. The van der Waals surface area contributed by atoms with Crippen LogP contribution >= 0.6 is 0 Å². The minimum atomic E-state index is 0.0106. The first-order valence-corrected chi connectivity index (χ1v) is 8.43. The van der Waals surface area contributed by atoms with Crippen molar-refractivity contribution in [1.82, 2.24) is 4.90 Å². The molecule has 4 rings (SSSR count). The zero-order chi connectivity index (χ0) is 15.6. The second-order valence-electron chi connectivity index (χ2n) is 6.67. The van der Waals surface area contributed by atoms with Gasteiger partial charge in [-0.15, -0.1) is 0 Å². The lowest BCUT2D eigenvalue weighted by Crippen LogP contribution is -2.38. The molecule has 0 bridgehead atoms. The third-order valence-corrected chi connectivity index (χ3v) is 5.26. The fraction of sp³-hybridized carbons (Fsp3) is 0.706. The van der Waals surface area contributed by atoms with Crippen molar-refractivity contribution in [2.75, 3.05) is 39.6 Å². The van der Waals surface area contributed by atoms with Crippen molar-refractivity contribution < 1.29 is 23.4 Å². The lowest BCUT2D eigenvalue weighted by molar-refractivity contribution is -0.0251. The Morgan fingerprint density at radius 1 is 1.26 bits per heavy atom. The summed E-state index contributed by atoms with van der Waals surface area (Å²) in [6.45, 7) is 4.35. The van der Waals surface area contributed by atoms with Gasteiger partial charge in [0.2, 0.25) is 0 Å². The van der Waals surface area contributed by atoms with Crippen LogP contribution in [-0.2, 0) is 14.2 Å². The predicted molar refractivity (Wildman–Crippen MR) is 81.1 cm³/mol. The maximum Gasteiger partial charge on any atom is 0.257 e. The van der Waals surface area contributed by atoms with Crippen molar-refractivity contribution in [3.63, 3.8) is 0 Å². The lowest BCUT2D eigenvalue weighted by Gasteiger charge is -2.25. The predicted octanol–water partition coefficient (Wildman–Crippen LogP) is 1.56. The molecule has 0 radical (unpaired) electrons. The van der Waals surface area contributed by atoms with E-state index >= 15 is 0 Å². The van der Waals surface area contributed by atoms with Crippen LogP contribution in [-0.4, -0.2) is 62.5 Å². The molecule has 0 unspecified atom stereocenters. The second kappa shape index (κ2) is 6.63. The summed E-state index contributed by atoms with van der Waals surface area (Å²) < 4.78 is 22.2. The number of hydrogen-bond acceptors (Lipinski definition) is 5. The molecule has 1 amide bonds. The van der Waals surface area contributed by atoms with E-state index in [0.717, 1.165) is 32.7 Å². The summed E-state index contributed by atoms with van der Waals surface area (Å²) >= 11 is 0. The second-order valence-corrected chi connectivity index (χ2v) is 6.67. The van der Waals surface area contributed by atoms with Crippen LogP contribution in [0.15, 0.2) is 23.0 Å². The number of amides is 1. The Morgan fingerprint density at radius 3 is 2.91 bits per heavy atom. The Morgan fingerprint density at radius 2 is 2.13 bits per heavy atom. The van der Waals surface area contributed by atoms with E-state index in [1.54, 1.807) is 6.07 Å². The maximum absolute atomic E-state index is 12.6. The Bertz CT molecular complexity index is 525. The first-order valence-electron chi connectivity index (χ1n) is 8.43.